The molecule has 0 radical (unpaired) electrons. The van der Waals surface area contributed by atoms with E-state index in [-0.39, 0.29) is 17.9 Å². The van der Waals surface area contributed by atoms with Crippen molar-refractivity contribution in [3.63, 3.8) is 0 Å². The van der Waals surface area contributed by atoms with Crippen molar-refractivity contribution in [2.24, 2.45) is 11.8 Å². The second-order valence-electron chi connectivity index (χ2n) is 7.99. The maximum Gasteiger partial charge on any atom is 0.230 e. The van der Waals surface area contributed by atoms with Crippen LogP contribution < -0.4 is 4.74 Å². The molecule has 1 spiro atoms. The largest absolute Gasteiger partial charge is 0.492 e. The molecule has 2 amide bonds. The molecule has 4 heterocycles. The fraction of sp³-hybridized carbons (Fsp3) is 0.409. The Hall–Kier alpha value is -3.13. The van der Waals surface area contributed by atoms with Crippen LogP contribution in [-0.4, -0.2) is 65.2 Å². The predicted molar refractivity (Wildman–Crippen MR) is 105 cm³/mol. The van der Waals surface area contributed by atoms with E-state index in [2.05, 4.69) is 5.16 Å². The summed E-state index contributed by atoms with van der Waals surface area (Å²) in [5, 5.41) is 3.67. The molecule has 0 N–H and O–H groups in total. The van der Waals surface area contributed by atoms with Crippen molar-refractivity contribution in [2.45, 2.75) is 18.2 Å². The predicted octanol–water partition coefficient (Wildman–Crippen LogP) is 1.49. The molecule has 0 unspecified atom stereocenters. The molecule has 2 fully saturated rings. The molecule has 156 valence electrons. The lowest BCUT2D eigenvalue weighted by Crippen LogP contribution is -2.44. The summed E-state index contributed by atoms with van der Waals surface area (Å²) >= 11 is 0. The summed E-state index contributed by atoms with van der Waals surface area (Å²) in [7, 11) is 1.71. The highest BCUT2D eigenvalue weighted by Crippen LogP contribution is 2.52. The average Bonchev–Trinajstić information content (AvgIpc) is 3.51. The van der Waals surface area contributed by atoms with E-state index in [9.17, 15) is 9.59 Å². The summed E-state index contributed by atoms with van der Waals surface area (Å²) in [5.74, 6) is 0.150. The van der Waals surface area contributed by atoms with Crippen molar-refractivity contribution in [3.05, 3.63) is 60.5 Å². The third-order valence-corrected chi connectivity index (χ3v) is 6.10. The lowest BCUT2D eigenvalue weighted by molar-refractivity contribution is -0.143. The SMILES string of the molecule is CN(Cc1ccno1)C(=O)[C@H]1[C@@H]2C=C[C@@]3(CN(CCOc4ccccc4)C(=O)[C@@H]13)O2. The molecule has 5 rings (SSSR count). The second-order valence-corrected chi connectivity index (χ2v) is 7.99. The Morgan fingerprint density at radius 3 is 2.93 bits per heavy atom. The highest BCUT2D eigenvalue weighted by atomic mass is 16.5. The third-order valence-electron chi connectivity index (χ3n) is 6.10. The van der Waals surface area contributed by atoms with Crippen LogP contribution in [0, 0.1) is 11.8 Å². The molecule has 3 aliphatic rings. The van der Waals surface area contributed by atoms with Gasteiger partial charge in [-0.3, -0.25) is 9.59 Å². The minimum atomic E-state index is -0.720. The van der Waals surface area contributed by atoms with Gasteiger partial charge in [0.15, 0.2) is 5.76 Å². The van der Waals surface area contributed by atoms with Crippen LogP contribution in [0.4, 0.5) is 0 Å². The normalized spacial score (nSPS) is 28.8. The van der Waals surface area contributed by atoms with E-state index in [1.54, 1.807) is 29.1 Å². The Kier molecular flexibility index (Phi) is 4.58. The summed E-state index contributed by atoms with van der Waals surface area (Å²) < 4.78 is 17.0. The Morgan fingerprint density at radius 1 is 1.33 bits per heavy atom. The van der Waals surface area contributed by atoms with Crippen LogP contribution in [0.15, 0.2) is 59.3 Å². The van der Waals surface area contributed by atoms with Gasteiger partial charge < -0.3 is 23.8 Å². The Bertz CT molecular complexity index is 960. The number of carbonyl (C=O) groups is 2. The van der Waals surface area contributed by atoms with Gasteiger partial charge in [0.25, 0.3) is 0 Å². The number of para-hydroxylation sites is 1. The van der Waals surface area contributed by atoms with Crippen LogP contribution >= 0.6 is 0 Å². The van der Waals surface area contributed by atoms with Gasteiger partial charge in [-0.2, -0.15) is 0 Å². The number of benzene rings is 1. The lowest BCUT2D eigenvalue weighted by atomic mass is 9.76. The summed E-state index contributed by atoms with van der Waals surface area (Å²) in [4.78, 5) is 29.8. The van der Waals surface area contributed by atoms with E-state index in [0.717, 1.165) is 5.75 Å². The van der Waals surface area contributed by atoms with E-state index < -0.39 is 17.4 Å². The van der Waals surface area contributed by atoms with E-state index in [4.69, 9.17) is 14.0 Å². The fourth-order valence-electron chi connectivity index (χ4n) is 4.73. The van der Waals surface area contributed by atoms with Gasteiger partial charge in [0.1, 0.15) is 18.0 Å². The van der Waals surface area contributed by atoms with Crippen molar-refractivity contribution in [1.29, 1.82) is 0 Å². The second kappa shape index (κ2) is 7.28. The highest BCUT2D eigenvalue weighted by Gasteiger charge is 2.67. The molecule has 2 saturated heterocycles. The van der Waals surface area contributed by atoms with Gasteiger partial charge in [-0.1, -0.05) is 35.5 Å². The summed E-state index contributed by atoms with van der Waals surface area (Å²) in [6, 6.07) is 11.2. The van der Waals surface area contributed by atoms with Gasteiger partial charge in [0.2, 0.25) is 11.8 Å². The number of fused-ring (bicyclic) bond motifs is 1. The number of ether oxygens (including phenoxy) is 2. The monoisotopic (exact) mass is 409 g/mol. The van der Waals surface area contributed by atoms with Gasteiger partial charge in [0, 0.05) is 13.1 Å². The smallest absolute Gasteiger partial charge is 0.230 e. The van der Waals surface area contributed by atoms with Crippen LogP contribution in [0.5, 0.6) is 5.75 Å². The molecule has 8 heteroatoms. The highest BCUT2D eigenvalue weighted by molar-refractivity contribution is 5.93. The Labute approximate surface area is 174 Å². The standard InChI is InChI=1S/C22H23N3O5/c1-24(13-16-8-10-23-30-16)20(26)18-17-7-9-22(29-17)14-25(21(27)19(18)22)11-12-28-15-5-3-2-4-6-15/h2-10,17-19H,11-14H2,1H3/t17-,18-,19+,22-/m0/s1. The number of carbonyl (C=O) groups excluding carboxylic acids is 2. The van der Waals surface area contributed by atoms with E-state index >= 15 is 0 Å². The first-order valence-corrected chi connectivity index (χ1v) is 10.1. The Morgan fingerprint density at radius 2 is 2.17 bits per heavy atom. The third kappa shape index (κ3) is 3.08. The number of amides is 2. The first-order chi connectivity index (χ1) is 14.6. The van der Waals surface area contributed by atoms with Crippen molar-refractivity contribution in [2.75, 3.05) is 26.7 Å². The van der Waals surface area contributed by atoms with E-state index in [1.807, 2.05) is 42.5 Å². The van der Waals surface area contributed by atoms with Gasteiger partial charge in [0.05, 0.1) is 43.8 Å². The molecule has 30 heavy (non-hydrogen) atoms. The van der Waals surface area contributed by atoms with Gasteiger partial charge >= 0.3 is 0 Å². The van der Waals surface area contributed by atoms with Crippen LogP contribution in [0.3, 0.4) is 0 Å². The fourth-order valence-corrected chi connectivity index (χ4v) is 4.73. The zero-order valence-corrected chi connectivity index (χ0v) is 16.6. The molecule has 2 aromatic rings. The van der Waals surface area contributed by atoms with Crippen molar-refractivity contribution >= 4 is 11.8 Å². The molecule has 4 atom stereocenters. The summed E-state index contributed by atoms with van der Waals surface area (Å²) in [6.07, 6.45) is 5.05. The maximum absolute atomic E-state index is 13.2. The van der Waals surface area contributed by atoms with Crippen LogP contribution in [0.2, 0.25) is 0 Å². The molecular weight excluding hydrogens is 386 g/mol. The minimum Gasteiger partial charge on any atom is -0.492 e. The van der Waals surface area contributed by atoms with E-state index in [0.29, 0.717) is 32.0 Å². The first kappa shape index (κ1) is 18.9. The van der Waals surface area contributed by atoms with Crippen molar-refractivity contribution in [3.8, 4) is 5.75 Å². The number of nitrogens with zero attached hydrogens (tertiary/aromatic N) is 3. The van der Waals surface area contributed by atoms with Crippen LogP contribution in [0.1, 0.15) is 5.76 Å². The molecule has 0 aliphatic carbocycles. The zero-order chi connectivity index (χ0) is 20.7. The molecule has 2 bridgehead atoms. The van der Waals surface area contributed by atoms with Gasteiger partial charge in [-0.15, -0.1) is 0 Å². The number of aromatic nitrogens is 1. The number of likely N-dealkylation sites (tertiary alicyclic amines) is 1. The minimum absolute atomic E-state index is 0.0510. The number of hydrogen-bond donors (Lipinski definition) is 0. The van der Waals surface area contributed by atoms with Crippen LogP contribution in [0.25, 0.3) is 0 Å². The van der Waals surface area contributed by atoms with Gasteiger partial charge in [-0.25, -0.2) is 0 Å². The zero-order valence-electron chi connectivity index (χ0n) is 16.6. The molecule has 8 nitrogen and oxygen atoms in total. The van der Waals surface area contributed by atoms with Gasteiger partial charge in [-0.05, 0) is 12.1 Å². The molecule has 1 aromatic heterocycles. The quantitative estimate of drug-likeness (QED) is 0.645. The molecule has 0 saturated carbocycles. The topological polar surface area (TPSA) is 85.1 Å². The summed E-state index contributed by atoms with van der Waals surface area (Å²) in [5.41, 5.74) is -0.720. The molecule has 3 aliphatic heterocycles. The van der Waals surface area contributed by atoms with Crippen LogP contribution in [-0.2, 0) is 20.9 Å². The number of hydrogen-bond acceptors (Lipinski definition) is 6. The first-order valence-electron chi connectivity index (χ1n) is 10.1. The number of rotatable bonds is 7. The van der Waals surface area contributed by atoms with E-state index in [1.165, 1.54) is 0 Å². The Balaban J connectivity index is 1.27. The van der Waals surface area contributed by atoms with Crippen molar-refractivity contribution < 1.29 is 23.6 Å². The molecule has 1 aromatic carbocycles. The summed E-state index contributed by atoms with van der Waals surface area (Å²) in [6.45, 7) is 1.57. The molecular formula is C22H23N3O5. The maximum atomic E-state index is 13.2. The average molecular weight is 409 g/mol. The lowest BCUT2D eigenvalue weighted by Gasteiger charge is -2.27. The van der Waals surface area contributed by atoms with Crippen molar-refractivity contribution in [1.82, 2.24) is 15.0 Å².